The number of hydrogen-bond donors (Lipinski definition) is 0. The van der Waals surface area contributed by atoms with E-state index in [0.717, 1.165) is 19.4 Å². The van der Waals surface area contributed by atoms with Gasteiger partial charge in [0, 0.05) is 17.0 Å². The van der Waals surface area contributed by atoms with Crippen molar-refractivity contribution in [2.45, 2.75) is 30.4 Å². The zero-order chi connectivity index (χ0) is 21.8. The van der Waals surface area contributed by atoms with Gasteiger partial charge in [0.15, 0.2) is 0 Å². The minimum atomic E-state index is -4.07. The predicted octanol–water partition coefficient (Wildman–Crippen LogP) is 4.50. The molecule has 6 nitrogen and oxygen atoms in total. The van der Waals surface area contributed by atoms with Gasteiger partial charge >= 0.3 is 0 Å². The van der Waals surface area contributed by atoms with Crippen molar-refractivity contribution in [3.63, 3.8) is 0 Å². The molecular weight excluding hydrogens is 432 g/mol. The van der Waals surface area contributed by atoms with E-state index in [1.165, 1.54) is 17.0 Å². The van der Waals surface area contributed by atoms with E-state index in [1.807, 2.05) is 22.4 Å². The molecule has 0 aliphatic carbocycles. The normalized spacial score (nSPS) is 16.2. The summed E-state index contributed by atoms with van der Waals surface area (Å²) in [7, 11) is -4.07. The second-order valence-electron chi connectivity index (χ2n) is 7.19. The first-order valence-corrected chi connectivity index (χ1v) is 12.1. The minimum absolute atomic E-state index is 0.0288. The second-order valence-corrected chi connectivity index (χ2v) is 9.76. The lowest BCUT2D eigenvalue weighted by Gasteiger charge is -2.24. The Morgan fingerprint density at radius 1 is 1.13 bits per heavy atom. The number of likely N-dealkylation sites (tertiary alicyclic amines) is 1. The number of nitrogens with zero attached hydrogens (tertiary/aromatic N) is 2. The molecule has 158 valence electrons. The minimum Gasteiger partial charge on any atom is -0.331 e. The fourth-order valence-electron chi connectivity index (χ4n) is 3.68. The fraction of sp³-hybridized carbons (Fsp3) is 0.217. The van der Waals surface area contributed by atoms with E-state index in [1.54, 1.807) is 47.7 Å². The number of carbonyl (C=O) groups is 1. The van der Waals surface area contributed by atoms with E-state index < -0.39 is 10.1 Å². The number of benzene rings is 2. The van der Waals surface area contributed by atoms with Crippen molar-refractivity contribution in [2.24, 2.45) is 0 Å². The summed E-state index contributed by atoms with van der Waals surface area (Å²) < 4.78 is 30.0. The Morgan fingerprint density at radius 3 is 2.61 bits per heavy atom. The molecule has 1 saturated heterocycles. The molecule has 0 spiro atoms. The summed E-state index contributed by atoms with van der Waals surface area (Å²) in [6.45, 7) is 0.543. The van der Waals surface area contributed by atoms with Gasteiger partial charge in [-0.05, 0) is 54.1 Å². The van der Waals surface area contributed by atoms with Gasteiger partial charge in [0.25, 0.3) is 16.0 Å². The van der Waals surface area contributed by atoms with E-state index in [9.17, 15) is 13.2 Å². The zero-order valence-electron chi connectivity index (χ0n) is 16.6. The lowest BCUT2D eigenvalue weighted by molar-refractivity contribution is 0.0738. The van der Waals surface area contributed by atoms with Crippen LogP contribution in [0.1, 0.15) is 45.2 Å². The van der Waals surface area contributed by atoms with Crippen LogP contribution in [0.15, 0.2) is 70.9 Å². The molecular formula is C23H20N2O4S2. The van der Waals surface area contributed by atoms with Gasteiger partial charge in [0.2, 0.25) is 0 Å². The fourth-order valence-corrected chi connectivity index (χ4v) is 5.60. The smallest absolute Gasteiger partial charge is 0.298 e. The second kappa shape index (κ2) is 9.02. The van der Waals surface area contributed by atoms with E-state index >= 15 is 0 Å². The Balaban J connectivity index is 1.44. The van der Waals surface area contributed by atoms with Crippen LogP contribution in [0.25, 0.3) is 0 Å². The van der Waals surface area contributed by atoms with Crippen molar-refractivity contribution < 1.29 is 17.4 Å². The average molecular weight is 453 g/mol. The van der Waals surface area contributed by atoms with Crippen molar-refractivity contribution in [1.82, 2.24) is 4.90 Å². The summed E-state index contributed by atoms with van der Waals surface area (Å²) in [6, 6.07) is 18.7. The first-order chi connectivity index (χ1) is 15.0. The Hall–Kier alpha value is -2.99. The Bertz CT molecular complexity index is 1210. The number of nitriles is 1. The van der Waals surface area contributed by atoms with Gasteiger partial charge in [-0.15, -0.1) is 11.3 Å². The summed E-state index contributed by atoms with van der Waals surface area (Å²) in [4.78, 5) is 16.0. The van der Waals surface area contributed by atoms with E-state index in [2.05, 4.69) is 6.07 Å². The number of rotatable bonds is 6. The first-order valence-electron chi connectivity index (χ1n) is 9.81. The molecule has 2 aromatic carbocycles. The van der Waals surface area contributed by atoms with Crippen molar-refractivity contribution in [3.8, 4) is 6.07 Å². The summed E-state index contributed by atoms with van der Waals surface area (Å²) in [5, 5.41) is 11.1. The predicted molar refractivity (Wildman–Crippen MR) is 117 cm³/mol. The highest BCUT2D eigenvalue weighted by Crippen LogP contribution is 2.35. The molecule has 1 aromatic heterocycles. The molecule has 3 aromatic rings. The van der Waals surface area contributed by atoms with Crippen molar-refractivity contribution >= 4 is 27.4 Å². The third kappa shape index (κ3) is 4.54. The van der Waals surface area contributed by atoms with Gasteiger partial charge in [-0.1, -0.05) is 30.3 Å². The Morgan fingerprint density at radius 2 is 1.90 bits per heavy atom. The lowest BCUT2D eigenvalue weighted by Crippen LogP contribution is -2.30. The van der Waals surface area contributed by atoms with Gasteiger partial charge in [0.1, 0.15) is 11.0 Å². The lowest BCUT2D eigenvalue weighted by atomic mass is 10.1. The maximum atomic E-state index is 13.0. The number of hydrogen-bond acceptors (Lipinski definition) is 6. The number of amides is 1. The highest BCUT2D eigenvalue weighted by atomic mass is 32.2. The van der Waals surface area contributed by atoms with Crippen LogP contribution in [-0.4, -0.2) is 25.8 Å². The van der Waals surface area contributed by atoms with E-state index in [4.69, 9.17) is 9.44 Å². The maximum Gasteiger partial charge on any atom is 0.298 e. The zero-order valence-corrected chi connectivity index (χ0v) is 18.2. The molecule has 1 unspecified atom stereocenters. The summed E-state index contributed by atoms with van der Waals surface area (Å²) in [5.41, 5.74) is 1.21. The number of thiophene rings is 1. The highest BCUT2D eigenvalue weighted by Gasteiger charge is 2.31. The Labute approximate surface area is 185 Å². The van der Waals surface area contributed by atoms with Crippen molar-refractivity contribution in [1.29, 1.82) is 5.26 Å². The number of carbonyl (C=O) groups excluding carboxylic acids is 1. The third-order valence-electron chi connectivity index (χ3n) is 5.24. The van der Waals surface area contributed by atoms with Crippen LogP contribution in [0, 0.1) is 11.3 Å². The molecule has 0 radical (unpaired) electrons. The van der Waals surface area contributed by atoms with Crippen molar-refractivity contribution in [2.75, 3.05) is 6.54 Å². The molecule has 0 N–H and O–H groups in total. The van der Waals surface area contributed by atoms with Gasteiger partial charge in [0.05, 0.1) is 18.2 Å². The largest absolute Gasteiger partial charge is 0.331 e. The van der Waals surface area contributed by atoms with Gasteiger partial charge < -0.3 is 4.90 Å². The van der Waals surface area contributed by atoms with Crippen LogP contribution < -0.4 is 0 Å². The van der Waals surface area contributed by atoms with E-state index in [0.29, 0.717) is 11.1 Å². The van der Waals surface area contributed by atoms with Crippen LogP contribution >= 0.6 is 11.3 Å². The Kier molecular flexibility index (Phi) is 6.18. The SMILES string of the molecule is N#Cc1ccccc1S(=O)(=O)OCc1ccc(C(=O)N2CCCC2c2cccs2)cc1. The quantitative estimate of drug-likeness (QED) is 0.514. The molecule has 1 aliphatic heterocycles. The first kappa shape index (κ1) is 21.2. The van der Waals surface area contributed by atoms with Crippen LogP contribution in [0.3, 0.4) is 0 Å². The summed E-state index contributed by atoms with van der Waals surface area (Å²) in [5.74, 6) is -0.0288. The summed E-state index contributed by atoms with van der Waals surface area (Å²) in [6.07, 6.45) is 1.93. The molecule has 1 atom stereocenters. The third-order valence-corrected chi connectivity index (χ3v) is 7.54. The standard InChI is InChI=1S/C23H20N2O4S2/c24-15-19-5-1-2-8-22(19)31(27,28)29-16-17-9-11-18(12-10-17)23(26)25-13-3-6-20(25)21-7-4-14-30-21/h1-2,4-5,7-12,14,20H,3,6,13,16H2. The van der Waals surface area contributed by atoms with Gasteiger partial charge in [-0.3, -0.25) is 8.98 Å². The monoisotopic (exact) mass is 452 g/mol. The van der Waals surface area contributed by atoms with Crippen LogP contribution in [-0.2, 0) is 20.9 Å². The molecule has 0 bridgehead atoms. The van der Waals surface area contributed by atoms with Crippen LogP contribution in [0.4, 0.5) is 0 Å². The van der Waals surface area contributed by atoms with Crippen LogP contribution in [0.2, 0.25) is 0 Å². The highest BCUT2D eigenvalue weighted by molar-refractivity contribution is 7.86. The topological polar surface area (TPSA) is 87.5 Å². The molecule has 4 rings (SSSR count). The molecule has 1 aliphatic rings. The van der Waals surface area contributed by atoms with E-state index in [-0.39, 0.29) is 29.0 Å². The maximum absolute atomic E-state index is 13.0. The van der Waals surface area contributed by atoms with Gasteiger partial charge in [-0.2, -0.15) is 13.7 Å². The van der Waals surface area contributed by atoms with Crippen LogP contribution in [0.5, 0.6) is 0 Å². The molecule has 1 fully saturated rings. The molecule has 31 heavy (non-hydrogen) atoms. The summed E-state index contributed by atoms with van der Waals surface area (Å²) >= 11 is 1.66. The molecule has 2 heterocycles. The van der Waals surface area contributed by atoms with Crippen molar-refractivity contribution in [3.05, 3.63) is 87.6 Å². The average Bonchev–Trinajstić information content (AvgIpc) is 3.49. The molecule has 1 amide bonds. The van der Waals surface area contributed by atoms with Gasteiger partial charge in [-0.25, -0.2) is 0 Å². The molecule has 0 saturated carbocycles. The molecule has 8 heteroatoms.